The van der Waals surface area contributed by atoms with Crippen LogP contribution in [0, 0.1) is 0 Å². The molecule has 164 valence electrons. The second-order valence-corrected chi connectivity index (χ2v) is 9.37. The third-order valence-corrected chi connectivity index (χ3v) is 6.98. The van der Waals surface area contributed by atoms with Crippen LogP contribution in [-0.2, 0) is 16.2 Å². The summed E-state index contributed by atoms with van der Waals surface area (Å²) in [7, 11) is -4.16. The highest BCUT2D eigenvalue weighted by Gasteiger charge is 2.34. The number of rotatable bonds is 5. The van der Waals surface area contributed by atoms with Crippen LogP contribution in [0.1, 0.15) is 37.3 Å². The van der Waals surface area contributed by atoms with E-state index in [0.29, 0.717) is 24.5 Å². The number of hydrogen-bond donors (Lipinski definition) is 1. The number of sulfonamides is 1. The quantitative estimate of drug-likeness (QED) is 0.624. The molecule has 0 bridgehead atoms. The Bertz CT molecular complexity index is 1130. The molecule has 31 heavy (non-hydrogen) atoms. The van der Waals surface area contributed by atoms with E-state index in [1.165, 1.54) is 6.07 Å². The number of aromatic nitrogens is 3. The Balaban J connectivity index is 1.64. The number of halogens is 3. The van der Waals surface area contributed by atoms with Gasteiger partial charge in [-0.25, -0.2) is 13.1 Å². The van der Waals surface area contributed by atoms with Crippen molar-refractivity contribution in [3.8, 4) is 11.1 Å². The summed E-state index contributed by atoms with van der Waals surface area (Å²) in [6.45, 7) is 0. The second-order valence-electron chi connectivity index (χ2n) is 7.66. The van der Waals surface area contributed by atoms with Crippen LogP contribution >= 0.6 is 0 Å². The summed E-state index contributed by atoms with van der Waals surface area (Å²) in [5.74, 6) is 0. The van der Waals surface area contributed by atoms with Crippen molar-refractivity contribution in [2.75, 3.05) is 0 Å². The van der Waals surface area contributed by atoms with Gasteiger partial charge < -0.3 is 4.57 Å². The highest BCUT2D eigenvalue weighted by Crippen LogP contribution is 2.35. The summed E-state index contributed by atoms with van der Waals surface area (Å²) in [5, 5.41) is 7.57. The van der Waals surface area contributed by atoms with Crippen molar-refractivity contribution in [1.29, 1.82) is 0 Å². The van der Waals surface area contributed by atoms with Gasteiger partial charge in [-0.1, -0.05) is 30.3 Å². The number of benzene rings is 2. The fourth-order valence-corrected chi connectivity index (χ4v) is 5.29. The molecule has 1 aromatic heterocycles. The lowest BCUT2D eigenvalue weighted by Gasteiger charge is -2.30. The maximum absolute atomic E-state index is 13.5. The van der Waals surface area contributed by atoms with Crippen LogP contribution in [0.4, 0.5) is 13.2 Å². The van der Waals surface area contributed by atoms with Crippen molar-refractivity contribution in [2.45, 2.75) is 48.8 Å². The fourth-order valence-electron chi connectivity index (χ4n) is 3.94. The minimum atomic E-state index is -4.67. The van der Waals surface area contributed by atoms with Gasteiger partial charge in [0.25, 0.3) is 0 Å². The molecule has 1 aliphatic rings. The Morgan fingerprint density at radius 1 is 0.968 bits per heavy atom. The van der Waals surface area contributed by atoms with E-state index in [1.54, 1.807) is 43.0 Å². The lowest BCUT2D eigenvalue weighted by atomic mass is 9.91. The predicted molar refractivity (Wildman–Crippen MR) is 109 cm³/mol. The van der Waals surface area contributed by atoms with E-state index in [-0.39, 0.29) is 17.6 Å². The molecule has 1 aliphatic carbocycles. The third kappa shape index (κ3) is 4.96. The van der Waals surface area contributed by atoms with Crippen LogP contribution < -0.4 is 4.72 Å². The molecule has 3 aromatic rings. The smallest absolute Gasteiger partial charge is 0.317 e. The Morgan fingerprint density at radius 3 is 2.35 bits per heavy atom. The summed E-state index contributed by atoms with van der Waals surface area (Å²) in [6, 6.07) is 11.0. The minimum absolute atomic E-state index is 0.0397. The van der Waals surface area contributed by atoms with Gasteiger partial charge in [-0.15, -0.1) is 10.2 Å². The monoisotopic (exact) mass is 450 g/mol. The largest absolute Gasteiger partial charge is 0.416 e. The second kappa shape index (κ2) is 8.43. The van der Waals surface area contributed by atoms with Crippen molar-refractivity contribution in [3.05, 3.63) is 66.7 Å². The van der Waals surface area contributed by atoms with Crippen LogP contribution in [0.3, 0.4) is 0 Å². The molecule has 10 heteroatoms. The molecule has 0 saturated heterocycles. The summed E-state index contributed by atoms with van der Waals surface area (Å²) in [4.78, 5) is -0.396. The van der Waals surface area contributed by atoms with E-state index in [9.17, 15) is 21.6 Å². The molecule has 0 aliphatic heterocycles. The van der Waals surface area contributed by atoms with E-state index in [2.05, 4.69) is 14.9 Å². The molecular formula is C21H21F3N4O2S. The van der Waals surface area contributed by atoms with Crippen molar-refractivity contribution >= 4 is 10.0 Å². The van der Waals surface area contributed by atoms with Gasteiger partial charge in [0.15, 0.2) is 0 Å². The number of nitrogens with one attached hydrogen (secondary N) is 1. The summed E-state index contributed by atoms with van der Waals surface area (Å²) in [5.41, 5.74) is -0.294. The average Bonchev–Trinajstić information content (AvgIpc) is 3.28. The van der Waals surface area contributed by atoms with Crippen LogP contribution in [0.5, 0.6) is 0 Å². The fraction of sp³-hybridized carbons (Fsp3) is 0.333. The molecule has 0 spiro atoms. The molecular weight excluding hydrogens is 429 g/mol. The Morgan fingerprint density at radius 2 is 1.68 bits per heavy atom. The summed E-state index contributed by atoms with van der Waals surface area (Å²) in [6.07, 6.45) is 1.27. The number of nitrogens with zero attached hydrogens (tertiary/aromatic N) is 3. The zero-order valence-electron chi connectivity index (χ0n) is 16.5. The maximum Gasteiger partial charge on any atom is 0.416 e. The Kier molecular flexibility index (Phi) is 5.85. The van der Waals surface area contributed by atoms with Gasteiger partial charge in [0, 0.05) is 12.1 Å². The standard InChI is InChI=1S/C21H21F3N4O2S/c22-21(23,24)17-9-16(15-5-2-1-3-6-15)10-20(11-17)31(29,30)27-18-7-4-8-19(12-18)28-13-25-26-14-28/h1-3,5-6,9-11,13-14,18-19,27H,4,7-8,12H2/t18-,19+/m0/s1. The van der Waals surface area contributed by atoms with Crippen LogP contribution in [0.25, 0.3) is 11.1 Å². The molecule has 1 saturated carbocycles. The normalized spacial score (nSPS) is 20.0. The number of alkyl halides is 3. The molecule has 0 radical (unpaired) electrons. The van der Waals surface area contributed by atoms with E-state index in [0.717, 1.165) is 18.9 Å². The van der Waals surface area contributed by atoms with Crippen LogP contribution in [-0.4, -0.2) is 29.2 Å². The van der Waals surface area contributed by atoms with Gasteiger partial charge >= 0.3 is 6.18 Å². The van der Waals surface area contributed by atoms with Crippen LogP contribution in [0.2, 0.25) is 0 Å². The van der Waals surface area contributed by atoms with Crippen molar-refractivity contribution in [2.24, 2.45) is 0 Å². The molecule has 0 unspecified atom stereocenters. The molecule has 2 atom stereocenters. The Hall–Kier alpha value is -2.72. The SMILES string of the molecule is O=S(=O)(N[C@H]1CCC[C@@H](n2cnnc2)C1)c1cc(-c2ccccc2)cc(C(F)(F)F)c1. The topological polar surface area (TPSA) is 76.9 Å². The van der Waals surface area contributed by atoms with Gasteiger partial charge in [-0.3, -0.25) is 0 Å². The average molecular weight is 450 g/mol. The van der Waals surface area contributed by atoms with Crippen molar-refractivity contribution in [3.63, 3.8) is 0 Å². The van der Waals surface area contributed by atoms with E-state index in [4.69, 9.17) is 0 Å². The van der Waals surface area contributed by atoms with Gasteiger partial charge in [-0.05, 0) is 55.0 Å². The highest BCUT2D eigenvalue weighted by molar-refractivity contribution is 7.89. The molecule has 0 amide bonds. The zero-order chi connectivity index (χ0) is 22.1. The molecule has 1 N–H and O–H groups in total. The summed E-state index contributed by atoms with van der Waals surface area (Å²) >= 11 is 0. The lowest BCUT2D eigenvalue weighted by Crippen LogP contribution is -2.38. The molecule has 4 rings (SSSR count). The van der Waals surface area contributed by atoms with Crippen molar-refractivity contribution < 1.29 is 21.6 Å². The minimum Gasteiger partial charge on any atom is -0.317 e. The van der Waals surface area contributed by atoms with Gasteiger partial charge in [0.2, 0.25) is 10.0 Å². The molecule has 6 nitrogen and oxygen atoms in total. The van der Waals surface area contributed by atoms with Crippen molar-refractivity contribution in [1.82, 2.24) is 19.5 Å². The predicted octanol–water partition coefficient (Wildman–Crippen LogP) is 4.43. The number of hydrogen-bond acceptors (Lipinski definition) is 4. The summed E-state index contributed by atoms with van der Waals surface area (Å²) < 4.78 is 71.0. The first kappa shape index (κ1) is 21.5. The lowest BCUT2D eigenvalue weighted by molar-refractivity contribution is -0.137. The van der Waals surface area contributed by atoms with E-state index < -0.39 is 26.7 Å². The first-order valence-corrected chi connectivity index (χ1v) is 11.3. The van der Waals surface area contributed by atoms with E-state index in [1.807, 2.05) is 4.57 Å². The highest BCUT2D eigenvalue weighted by atomic mass is 32.2. The maximum atomic E-state index is 13.5. The van der Waals surface area contributed by atoms with Crippen LogP contribution in [0.15, 0.2) is 66.1 Å². The van der Waals surface area contributed by atoms with Gasteiger partial charge in [0.05, 0.1) is 10.5 Å². The first-order chi connectivity index (χ1) is 14.7. The first-order valence-electron chi connectivity index (χ1n) is 9.86. The molecule has 1 heterocycles. The Labute approximate surface area is 178 Å². The third-order valence-electron chi connectivity index (χ3n) is 5.48. The van der Waals surface area contributed by atoms with Gasteiger partial charge in [0.1, 0.15) is 12.7 Å². The zero-order valence-corrected chi connectivity index (χ0v) is 17.3. The molecule has 2 aromatic carbocycles. The molecule has 1 fully saturated rings. The van der Waals surface area contributed by atoms with E-state index >= 15 is 0 Å². The van der Waals surface area contributed by atoms with Gasteiger partial charge in [-0.2, -0.15) is 13.2 Å².